The van der Waals surface area contributed by atoms with Crippen LogP contribution in [-0.2, 0) is 16.4 Å². The number of benzene rings is 3. The zero-order chi connectivity index (χ0) is 20.0. The Morgan fingerprint density at radius 1 is 0.821 bits per heavy atom. The molecule has 0 saturated heterocycles. The summed E-state index contributed by atoms with van der Waals surface area (Å²) in [7, 11) is -3.56. The highest BCUT2D eigenvalue weighted by molar-refractivity contribution is 7.89. The third-order valence-electron chi connectivity index (χ3n) is 4.34. The Morgan fingerprint density at radius 2 is 1.54 bits per heavy atom. The van der Waals surface area contributed by atoms with E-state index in [1.54, 1.807) is 12.1 Å². The van der Waals surface area contributed by atoms with Crippen molar-refractivity contribution in [2.75, 3.05) is 19.8 Å². The molecule has 0 saturated carbocycles. The van der Waals surface area contributed by atoms with E-state index in [-0.39, 0.29) is 4.90 Å². The van der Waals surface area contributed by atoms with Crippen LogP contribution in [0, 0.1) is 0 Å². The molecule has 0 bridgehead atoms. The summed E-state index contributed by atoms with van der Waals surface area (Å²) in [6.07, 6.45) is 0.555. The molecule has 1 N–H and O–H groups in total. The highest BCUT2D eigenvalue weighted by Gasteiger charge is 2.14. The molecule has 0 heterocycles. The summed E-state index contributed by atoms with van der Waals surface area (Å²) < 4.78 is 39.1. The van der Waals surface area contributed by atoms with Gasteiger partial charge in [0.05, 0.1) is 18.1 Å². The van der Waals surface area contributed by atoms with E-state index in [0.29, 0.717) is 37.7 Å². The van der Waals surface area contributed by atoms with E-state index in [1.807, 2.05) is 62.4 Å². The molecule has 0 aliphatic rings. The van der Waals surface area contributed by atoms with Crippen molar-refractivity contribution >= 4 is 20.8 Å². The van der Waals surface area contributed by atoms with Crippen LogP contribution in [0.2, 0.25) is 0 Å². The third-order valence-corrected chi connectivity index (χ3v) is 5.80. The Morgan fingerprint density at radius 3 is 2.29 bits per heavy atom. The van der Waals surface area contributed by atoms with Gasteiger partial charge in [-0.3, -0.25) is 0 Å². The number of sulfonamides is 1. The largest absolute Gasteiger partial charge is 0.490 e. The normalized spacial score (nSPS) is 11.5. The molecular weight excluding hydrogens is 374 g/mol. The van der Waals surface area contributed by atoms with E-state index in [2.05, 4.69) is 4.72 Å². The average molecular weight is 400 g/mol. The summed E-state index contributed by atoms with van der Waals surface area (Å²) in [6, 6.07) is 18.5. The van der Waals surface area contributed by atoms with Crippen molar-refractivity contribution in [3.05, 3.63) is 66.2 Å². The fourth-order valence-corrected chi connectivity index (χ4v) is 4.07. The third kappa shape index (κ3) is 4.82. The minimum Gasteiger partial charge on any atom is -0.490 e. The maximum atomic E-state index is 12.6. The lowest BCUT2D eigenvalue weighted by Crippen LogP contribution is -2.26. The Balaban J connectivity index is 1.68. The molecule has 148 valence electrons. The highest BCUT2D eigenvalue weighted by atomic mass is 32.2. The van der Waals surface area contributed by atoms with Gasteiger partial charge in [0.15, 0.2) is 11.5 Å². The molecule has 0 unspecified atom stereocenters. The predicted molar refractivity (Wildman–Crippen MR) is 112 cm³/mol. The van der Waals surface area contributed by atoms with E-state index < -0.39 is 10.0 Å². The molecule has 3 aromatic carbocycles. The number of ether oxygens (including phenoxy) is 2. The first kappa shape index (κ1) is 20.2. The van der Waals surface area contributed by atoms with Crippen molar-refractivity contribution in [3.8, 4) is 11.5 Å². The second-order valence-electron chi connectivity index (χ2n) is 6.30. The Bertz CT molecular complexity index is 1050. The molecular formula is C22H25NO4S. The maximum Gasteiger partial charge on any atom is 0.240 e. The smallest absolute Gasteiger partial charge is 0.240 e. The van der Waals surface area contributed by atoms with E-state index in [9.17, 15) is 8.42 Å². The molecule has 0 amide bonds. The Labute approximate surface area is 166 Å². The van der Waals surface area contributed by atoms with Crippen LogP contribution >= 0.6 is 0 Å². The fraction of sp³-hybridized carbons (Fsp3) is 0.273. The van der Waals surface area contributed by atoms with Gasteiger partial charge in [-0.15, -0.1) is 0 Å². The zero-order valence-electron chi connectivity index (χ0n) is 16.1. The van der Waals surface area contributed by atoms with Gasteiger partial charge in [0.25, 0.3) is 0 Å². The number of nitrogens with one attached hydrogen (secondary N) is 1. The second-order valence-corrected chi connectivity index (χ2v) is 8.07. The fourth-order valence-electron chi connectivity index (χ4n) is 3.00. The lowest BCUT2D eigenvalue weighted by Gasteiger charge is -2.13. The molecule has 28 heavy (non-hydrogen) atoms. The molecule has 3 aromatic rings. The van der Waals surface area contributed by atoms with E-state index in [4.69, 9.17) is 9.47 Å². The first-order valence-electron chi connectivity index (χ1n) is 9.40. The Hall–Kier alpha value is -2.57. The summed E-state index contributed by atoms with van der Waals surface area (Å²) in [4.78, 5) is 0.271. The molecule has 3 rings (SSSR count). The van der Waals surface area contributed by atoms with Crippen LogP contribution in [0.25, 0.3) is 10.8 Å². The van der Waals surface area contributed by atoms with Crippen molar-refractivity contribution in [3.63, 3.8) is 0 Å². The van der Waals surface area contributed by atoms with Crippen LogP contribution < -0.4 is 14.2 Å². The van der Waals surface area contributed by atoms with Gasteiger partial charge in [-0.25, -0.2) is 13.1 Å². The highest BCUT2D eigenvalue weighted by Crippen LogP contribution is 2.28. The topological polar surface area (TPSA) is 64.6 Å². The Kier molecular flexibility index (Phi) is 6.54. The molecule has 0 fully saturated rings. The van der Waals surface area contributed by atoms with Crippen molar-refractivity contribution in [1.29, 1.82) is 0 Å². The number of hydrogen-bond donors (Lipinski definition) is 1. The first-order chi connectivity index (χ1) is 13.5. The second kappa shape index (κ2) is 9.08. The summed E-state index contributed by atoms with van der Waals surface area (Å²) >= 11 is 0. The molecule has 0 aromatic heterocycles. The standard InChI is InChI=1S/C22H25NO4S/c1-3-26-21-12-9-17(15-22(21)27-4-2)13-14-23-28(24,25)20-11-10-18-7-5-6-8-19(18)16-20/h5-12,15-16,23H,3-4,13-14H2,1-2H3. The predicted octanol–water partition coefficient (Wildman–Crippen LogP) is 4.16. The van der Waals surface area contributed by atoms with Crippen LogP contribution in [0.5, 0.6) is 11.5 Å². The molecule has 0 spiro atoms. The van der Waals surface area contributed by atoms with Gasteiger partial charge in [0.1, 0.15) is 0 Å². The molecule has 5 nitrogen and oxygen atoms in total. The van der Waals surface area contributed by atoms with Crippen molar-refractivity contribution in [2.24, 2.45) is 0 Å². The van der Waals surface area contributed by atoms with Gasteiger partial charge < -0.3 is 9.47 Å². The van der Waals surface area contributed by atoms with Crippen LogP contribution in [0.15, 0.2) is 65.6 Å². The molecule has 0 atom stereocenters. The van der Waals surface area contributed by atoms with Gasteiger partial charge in [-0.2, -0.15) is 0 Å². The monoisotopic (exact) mass is 399 g/mol. The minimum absolute atomic E-state index is 0.271. The maximum absolute atomic E-state index is 12.6. The summed E-state index contributed by atoms with van der Waals surface area (Å²) in [5.41, 5.74) is 0.980. The van der Waals surface area contributed by atoms with Crippen molar-refractivity contribution in [1.82, 2.24) is 4.72 Å². The van der Waals surface area contributed by atoms with E-state index in [0.717, 1.165) is 16.3 Å². The van der Waals surface area contributed by atoms with Gasteiger partial charge in [0.2, 0.25) is 10.0 Å². The van der Waals surface area contributed by atoms with Crippen LogP contribution in [0.4, 0.5) is 0 Å². The van der Waals surface area contributed by atoms with Crippen molar-refractivity contribution in [2.45, 2.75) is 25.2 Å². The minimum atomic E-state index is -3.56. The van der Waals surface area contributed by atoms with Gasteiger partial charge >= 0.3 is 0 Å². The molecule has 0 radical (unpaired) electrons. The van der Waals surface area contributed by atoms with Crippen LogP contribution in [0.1, 0.15) is 19.4 Å². The van der Waals surface area contributed by atoms with Crippen molar-refractivity contribution < 1.29 is 17.9 Å². The zero-order valence-corrected chi connectivity index (χ0v) is 17.0. The number of fused-ring (bicyclic) bond motifs is 1. The first-order valence-corrected chi connectivity index (χ1v) is 10.9. The molecule has 0 aliphatic heterocycles. The SMILES string of the molecule is CCOc1ccc(CCNS(=O)(=O)c2ccc3ccccc3c2)cc1OCC. The van der Waals surface area contributed by atoms with Gasteiger partial charge in [-0.1, -0.05) is 36.4 Å². The summed E-state index contributed by atoms with van der Waals surface area (Å²) in [6.45, 7) is 5.24. The lowest BCUT2D eigenvalue weighted by atomic mass is 10.1. The molecule has 6 heteroatoms. The number of rotatable bonds is 9. The van der Waals surface area contributed by atoms with Crippen LogP contribution in [-0.4, -0.2) is 28.2 Å². The molecule has 0 aliphatic carbocycles. The van der Waals surface area contributed by atoms with Crippen LogP contribution in [0.3, 0.4) is 0 Å². The lowest BCUT2D eigenvalue weighted by molar-refractivity contribution is 0.287. The quantitative estimate of drug-likeness (QED) is 0.587. The van der Waals surface area contributed by atoms with E-state index in [1.165, 1.54) is 0 Å². The summed E-state index contributed by atoms with van der Waals surface area (Å²) in [5, 5.41) is 1.91. The van der Waals surface area contributed by atoms with Gasteiger partial charge in [0, 0.05) is 6.54 Å². The average Bonchev–Trinajstić information content (AvgIpc) is 2.70. The number of hydrogen-bond acceptors (Lipinski definition) is 4. The van der Waals surface area contributed by atoms with E-state index >= 15 is 0 Å². The van der Waals surface area contributed by atoms with Gasteiger partial charge in [-0.05, 0) is 60.9 Å². The summed E-state index contributed by atoms with van der Waals surface area (Å²) in [5.74, 6) is 1.38.